The van der Waals surface area contributed by atoms with E-state index in [0.717, 1.165) is 0 Å². The SMILES string of the molecule is O=C(O)Cc1c(O)cc(Br)c(O)c1Br. The average Bonchev–Trinajstić information content (AvgIpc) is 2.09. The Balaban J connectivity index is 3.29. The van der Waals surface area contributed by atoms with Crippen LogP contribution in [0.5, 0.6) is 11.5 Å². The Labute approximate surface area is 96.4 Å². The lowest BCUT2D eigenvalue weighted by atomic mass is 10.1. The van der Waals surface area contributed by atoms with Gasteiger partial charge in [0.25, 0.3) is 0 Å². The molecule has 0 atom stereocenters. The topological polar surface area (TPSA) is 77.8 Å². The van der Waals surface area contributed by atoms with Crippen LogP contribution in [0.25, 0.3) is 0 Å². The molecule has 0 aromatic heterocycles. The molecule has 1 rings (SSSR count). The molecule has 0 aliphatic carbocycles. The van der Waals surface area contributed by atoms with Crippen molar-refractivity contribution in [2.75, 3.05) is 0 Å². The molecule has 6 heteroatoms. The summed E-state index contributed by atoms with van der Waals surface area (Å²) in [5.41, 5.74) is 0.151. The molecule has 0 radical (unpaired) electrons. The molecule has 1 aromatic carbocycles. The molecule has 4 nitrogen and oxygen atoms in total. The molecule has 0 saturated carbocycles. The number of aliphatic carboxylic acids is 1. The second kappa shape index (κ2) is 4.18. The summed E-state index contributed by atoms with van der Waals surface area (Å²) in [6.07, 6.45) is -0.354. The van der Waals surface area contributed by atoms with E-state index in [2.05, 4.69) is 31.9 Å². The van der Waals surface area contributed by atoms with E-state index in [9.17, 15) is 15.0 Å². The molecule has 0 aliphatic rings. The first-order valence-electron chi connectivity index (χ1n) is 3.54. The van der Waals surface area contributed by atoms with E-state index in [1.807, 2.05) is 0 Å². The number of rotatable bonds is 2. The summed E-state index contributed by atoms with van der Waals surface area (Å²) in [6.45, 7) is 0. The molecular weight excluding hydrogens is 320 g/mol. The quantitative estimate of drug-likeness (QED) is 0.729. The lowest BCUT2D eigenvalue weighted by Gasteiger charge is -2.08. The first-order valence-corrected chi connectivity index (χ1v) is 5.12. The fourth-order valence-electron chi connectivity index (χ4n) is 0.955. The summed E-state index contributed by atoms with van der Waals surface area (Å²) >= 11 is 6.02. The van der Waals surface area contributed by atoms with Crippen molar-refractivity contribution in [2.45, 2.75) is 6.42 Å². The third kappa shape index (κ3) is 2.19. The molecular formula is C8H6Br2O4. The number of aromatic hydroxyl groups is 2. The molecule has 0 bridgehead atoms. The lowest BCUT2D eigenvalue weighted by molar-refractivity contribution is -0.136. The highest BCUT2D eigenvalue weighted by Crippen LogP contribution is 2.40. The minimum absolute atomic E-state index is 0.126. The van der Waals surface area contributed by atoms with Gasteiger partial charge in [0.2, 0.25) is 0 Å². The van der Waals surface area contributed by atoms with E-state index in [4.69, 9.17) is 5.11 Å². The maximum Gasteiger partial charge on any atom is 0.308 e. The zero-order valence-corrected chi connectivity index (χ0v) is 9.96. The van der Waals surface area contributed by atoms with E-state index < -0.39 is 5.97 Å². The van der Waals surface area contributed by atoms with Crippen LogP contribution in [0.4, 0.5) is 0 Å². The Morgan fingerprint density at radius 3 is 2.43 bits per heavy atom. The van der Waals surface area contributed by atoms with E-state index in [1.165, 1.54) is 6.07 Å². The number of phenolic OH excluding ortho intramolecular Hbond substituents is 2. The van der Waals surface area contributed by atoms with Crippen LogP contribution in [0.15, 0.2) is 15.0 Å². The first kappa shape index (κ1) is 11.3. The standard InChI is InChI=1S/C8H6Br2O4/c9-4-2-5(11)3(1-6(12)13)7(10)8(4)14/h2,11,14H,1H2,(H,12,13). The molecule has 14 heavy (non-hydrogen) atoms. The number of benzene rings is 1. The van der Waals surface area contributed by atoms with Crippen molar-refractivity contribution < 1.29 is 20.1 Å². The number of hydrogen-bond donors (Lipinski definition) is 3. The summed E-state index contributed by atoms with van der Waals surface area (Å²) in [7, 11) is 0. The smallest absolute Gasteiger partial charge is 0.308 e. The van der Waals surface area contributed by atoms with Crippen molar-refractivity contribution in [1.82, 2.24) is 0 Å². The second-order valence-corrected chi connectivity index (χ2v) is 4.24. The van der Waals surface area contributed by atoms with Crippen molar-refractivity contribution in [3.8, 4) is 11.5 Å². The van der Waals surface area contributed by atoms with Gasteiger partial charge in [0.15, 0.2) is 0 Å². The molecule has 0 heterocycles. The Kier molecular flexibility index (Phi) is 3.38. The van der Waals surface area contributed by atoms with E-state index >= 15 is 0 Å². The summed E-state index contributed by atoms with van der Waals surface area (Å²) in [5.74, 6) is -1.38. The third-order valence-electron chi connectivity index (χ3n) is 1.60. The molecule has 0 unspecified atom stereocenters. The van der Waals surface area contributed by atoms with E-state index in [0.29, 0.717) is 4.47 Å². The number of carbonyl (C=O) groups is 1. The first-order chi connectivity index (χ1) is 6.43. The van der Waals surface area contributed by atoms with Gasteiger partial charge in [-0.2, -0.15) is 0 Å². The summed E-state index contributed by atoms with van der Waals surface area (Å²) in [5, 5.41) is 27.4. The highest BCUT2D eigenvalue weighted by Gasteiger charge is 2.16. The molecule has 76 valence electrons. The van der Waals surface area contributed by atoms with Gasteiger partial charge in [-0.25, -0.2) is 0 Å². The predicted octanol–water partition coefficient (Wildman–Crippen LogP) is 2.25. The zero-order chi connectivity index (χ0) is 10.9. The molecule has 3 N–H and O–H groups in total. The van der Waals surface area contributed by atoms with Crippen molar-refractivity contribution in [2.24, 2.45) is 0 Å². The van der Waals surface area contributed by atoms with Gasteiger partial charge in [0.1, 0.15) is 11.5 Å². The largest absolute Gasteiger partial charge is 0.508 e. The fourth-order valence-corrected chi connectivity index (χ4v) is 2.19. The predicted molar refractivity (Wildman–Crippen MR) is 56.5 cm³/mol. The van der Waals surface area contributed by atoms with Gasteiger partial charge in [-0.3, -0.25) is 4.79 Å². The highest BCUT2D eigenvalue weighted by molar-refractivity contribution is 9.11. The van der Waals surface area contributed by atoms with Gasteiger partial charge in [0, 0.05) is 5.56 Å². The van der Waals surface area contributed by atoms with E-state index in [1.54, 1.807) is 0 Å². The van der Waals surface area contributed by atoms with Crippen molar-refractivity contribution >= 4 is 37.8 Å². The van der Waals surface area contributed by atoms with Crippen molar-refractivity contribution in [3.63, 3.8) is 0 Å². The number of halogens is 2. The van der Waals surface area contributed by atoms with Gasteiger partial charge in [-0.15, -0.1) is 0 Å². The van der Waals surface area contributed by atoms with Gasteiger partial charge in [-0.05, 0) is 37.9 Å². The average molecular weight is 326 g/mol. The lowest BCUT2D eigenvalue weighted by Crippen LogP contribution is -2.01. The van der Waals surface area contributed by atoms with Gasteiger partial charge >= 0.3 is 5.97 Å². The fraction of sp³-hybridized carbons (Fsp3) is 0.125. The maximum atomic E-state index is 10.4. The number of phenols is 2. The summed E-state index contributed by atoms with van der Waals surface area (Å²) in [4.78, 5) is 10.4. The maximum absolute atomic E-state index is 10.4. The minimum atomic E-state index is -1.08. The molecule has 0 aliphatic heterocycles. The minimum Gasteiger partial charge on any atom is -0.508 e. The van der Waals surface area contributed by atoms with Crippen LogP contribution in [0.2, 0.25) is 0 Å². The normalized spacial score (nSPS) is 10.1. The Morgan fingerprint density at radius 2 is 1.93 bits per heavy atom. The second-order valence-electron chi connectivity index (χ2n) is 2.59. The zero-order valence-electron chi connectivity index (χ0n) is 6.79. The van der Waals surface area contributed by atoms with Gasteiger partial charge < -0.3 is 15.3 Å². The van der Waals surface area contributed by atoms with Crippen LogP contribution in [0.3, 0.4) is 0 Å². The Morgan fingerprint density at radius 1 is 1.36 bits per heavy atom. The van der Waals surface area contributed by atoms with Gasteiger partial charge in [-0.1, -0.05) is 0 Å². The summed E-state index contributed by atoms with van der Waals surface area (Å²) in [6, 6.07) is 1.25. The van der Waals surface area contributed by atoms with E-state index in [-0.39, 0.29) is 28.0 Å². The Bertz CT molecular complexity index is 389. The third-order valence-corrected chi connectivity index (χ3v) is 3.06. The number of carboxylic acid groups (broad SMARTS) is 1. The van der Waals surface area contributed by atoms with Gasteiger partial charge in [0.05, 0.1) is 15.4 Å². The van der Waals surface area contributed by atoms with Crippen LogP contribution >= 0.6 is 31.9 Å². The highest BCUT2D eigenvalue weighted by atomic mass is 79.9. The number of hydrogen-bond acceptors (Lipinski definition) is 3. The van der Waals surface area contributed by atoms with Crippen LogP contribution in [-0.4, -0.2) is 21.3 Å². The van der Waals surface area contributed by atoms with Crippen molar-refractivity contribution in [1.29, 1.82) is 0 Å². The monoisotopic (exact) mass is 324 g/mol. The van der Waals surface area contributed by atoms with Crippen LogP contribution in [0.1, 0.15) is 5.56 Å². The van der Waals surface area contributed by atoms with Crippen LogP contribution in [0, 0.1) is 0 Å². The molecule has 0 fully saturated rings. The number of carboxylic acids is 1. The molecule has 0 spiro atoms. The van der Waals surface area contributed by atoms with Crippen LogP contribution < -0.4 is 0 Å². The van der Waals surface area contributed by atoms with Crippen molar-refractivity contribution in [3.05, 3.63) is 20.6 Å². The summed E-state index contributed by atoms with van der Waals surface area (Å²) < 4.78 is 0.489. The Hall–Kier alpha value is -0.750. The molecule has 0 amide bonds. The molecule has 0 saturated heterocycles. The van der Waals surface area contributed by atoms with Crippen LogP contribution in [-0.2, 0) is 11.2 Å². The molecule has 1 aromatic rings.